The van der Waals surface area contributed by atoms with Gasteiger partial charge in [0.15, 0.2) is 0 Å². The fourth-order valence-electron chi connectivity index (χ4n) is 2.15. The Morgan fingerprint density at radius 3 is 2.00 bits per heavy atom. The van der Waals surface area contributed by atoms with Crippen LogP contribution in [0, 0.1) is 0 Å². The van der Waals surface area contributed by atoms with Crippen LogP contribution >= 0.6 is 0 Å². The average molecular weight is 324 g/mol. The van der Waals surface area contributed by atoms with Gasteiger partial charge in [0.25, 0.3) is 0 Å². The third kappa shape index (κ3) is 5.60. The zero-order valence-electron chi connectivity index (χ0n) is 14.2. The fourth-order valence-corrected chi connectivity index (χ4v) is 2.15. The van der Waals surface area contributed by atoms with Gasteiger partial charge in [-0.1, -0.05) is 49.1 Å². The highest BCUT2D eigenvalue weighted by Crippen LogP contribution is 2.24. The zero-order chi connectivity index (χ0) is 17.2. The largest absolute Gasteiger partial charge is 0.497 e. The lowest BCUT2D eigenvalue weighted by molar-refractivity contribution is 0.103. The van der Waals surface area contributed by atoms with Crippen molar-refractivity contribution in [1.82, 2.24) is 0 Å². The molecule has 0 aliphatic heterocycles. The molecule has 0 aliphatic carbocycles. The van der Waals surface area contributed by atoms with E-state index in [1.165, 1.54) is 0 Å². The van der Waals surface area contributed by atoms with Crippen LogP contribution < -0.4 is 9.47 Å². The van der Waals surface area contributed by atoms with Crippen LogP contribution in [-0.2, 0) is 4.74 Å². The van der Waals surface area contributed by atoms with Gasteiger partial charge in [-0.3, -0.25) is 0 Å². The van der Waals surface area contributed by atoms with Gasteiger partial charge in [-0.25, -0.2) is 0 Å². The highest BCUT2D eigenvalue weighted by Gasteiger charge is 2.00. The number of hydrogen-bond donors (Lipinski definition) is 0. The van der Waals surface area contributed by atoms with Crippen LogP contribution in [0.4, 0.5) is 0 Å². The third-order valence-electron chi connectivity index (χ3n) is 3.63. The van der Waals surface area contributed by atoms with E-state index in [1.54, 1.807) is 13.2 Å². The second-order valence-corrected chi connectivity index (χ2v) is 5.33. The third-order valence-corrected chi connectivity index (χ3v) is 3.63. The van der Waals surface area contributed by atoms with Gasteiger partial charge in [0.2, 0.25) is 0 Å². The molecule has 0 amide bonds. The Morgan fingerprint density at radius 2 is 1.46 bits per heavy atom. The Labute approximate surface area is 144 Å². The van der Waals surface area contributed by atoms with E-state index >= 15 is 0 Å². The molecule has 2 aromatic carbocycles. The summed E-state index contributed by atoms with van der Waals surface area (Å²) in [6.45, 7) is 9.25. The van der Waals surface area contributed by atoms with Crippen molar-refractivity contribution in [2.45, 2.75) is 6.42 Å². The molecule has 0 aliphatic rings. The summed E-state index contributed by atoms with van der Waals surface area (Å²) in [6.07, 6.45) is 2.56. The summed E-state index contributed by atoms with van der Waals surface area (Å²) in [5.41, 5.74) is 3.28. The first-order valence-corrected chi connectivity index (χ1v) is 7.98. The molecule has 0 spiro atoms. The Morgan fingerprint density at radius 1 is 0.875 bits per heavy atom. The molecule has 0 unspecified atom stereocenters. The molecule has 0 heterocycles. The van der Waals surface area contributed by atoms with Crippen LogP contribution in [0.3, 0.4) is 0 Å². The smallest absolute Gasteiger partial charge is 0.119 e. The normalized spacial score (nSPS) is 10.2. The molecule has 2 aromatic rings. The highest BCUT2D eigenvalue weighted by atomic mass is 16.5. The molecule has 0 aromatic heterocycles. The number of methoxy groups -OCH3 is 1. The van der Waals surface area contributed by atoms with Gasteiger partial charge >= 0.3 is 0 Å². The van der Waals surface area contributed by atoms with Crippen LogP contribution in [0.5, 0.6) is 11.5 Å². The Hall–Kier alpha value is -2.52. The molecule has 2 rings (SSSR count). The van der Waals surface area contributed by atoms with Gasteiger partial charge in [-0.2, -0.15) is 0 Å². The summed E-state index contributed by atoms with van der Waals surface area (Å²) in [5.74, 6) is 1.70. The van der Waals surface area contributed by atoms with Gasteiger partial charge in [-0.05, 0) is 41.8 Å². The molecule has 0 N–H and O–H groups in total. The zero-order valence-corrected chi connectivity index (χ0v) is 14.2. The maximum atomic E-state index is 5.68. The van der Waals surface area contributed by atoms with Crippen molar-refractivity contribution in [3.05, 3.63) is 73.3 Å². The molecule has 24 heavy (non-hydrogen) atoms. The highest BCUT2D eigenvalue weighted by molar-refractivity contribution is 5.64. The molecule has 3 heteroatoms. The van der Waals surface area contributed by atoms with Crippen molar-refractivity contribution in [2.75, 3.05) is 26.9 Å². The molecular formula is C21H24O3. The summed E-state index contributed by atoms with van der Waals surface area (Å²) in [4.78, 5) is 0. The van der Waals surface area contributed by atoms with Crippen LogP contribution in [0.1, 0.15) is 6.42 Å². The fraction of sp³-hybridized carbons (Fsp3) is 0.238. The van der Waals surface area contributed by atoms with Crippen LogP contribution in [0.2, 0.25) is 0 Å². The SMILES string of the molecule is C=CC(=C)CCOCCOc1ccc(-c2ccc(OC)cc2)cc1. The standard InChI is InChI=1S/C21H24O3/c1-4-17(2)13-14-23-15-16-24-21-11-7-19(8-12-21)18-5-9-20(22-3)10-6-18/h4-12H,1-2,13-16H2,3H3. The van der Waals surface area contributed by atoms with Gasteiger partial charge < -0.3 is 14.2 Å². The summed E-state index contributed by atoms with van der Waals surface area (Å²) in [7, 11) is 1.67. The minimum Gasteiger partial charge on any atom is -0.497 e. The van der Waals surface area contributed by atoms with Gasteiger partial charge in [0, 0.05) is 0 Å². The van der Waals surface area contributed by atoms with Gasteiger partial charge in [0.05, 0.1) is 20.3 Å². The van der Waals surface area contributed by atoms with Gasteiger partial charge in [-0.15, -0.1) is 0 Å². The van der Waals surface area contributed by atoms with E-state index in [9.17, 15) is 0 Å². The van der Waals surface area contributed by atoms with E-state index in [-0.39, 0.29) is 0 Å². The van der Waals surface area contributed by atoms with Crippen molar-refractivity contribution in [3.8, 4) is 22.6 Å². The molecule has 0 radical (unpaired) electrons. The summed E-state index contributed by atoms with van der Waals surface area (Å²) in [5, 5.41) is 0. The van der Waals surface area contributed by atoms with E-state index in [2.05, 4.69) is 13.2 Å². The Bertz CT molecular complexity index is 642. The first-order chi connectivity index (χ1) is 11.7. The first-order valence-electron chi connectivity index (χ1n) is 7.98. The van der Waals surface area contributed by atoms with Crippen molar-refractivity contribution in [1.29, 1.82) is 0 Å². The first kappa shape index (κ1) is 17.8. The molecular weight excluding hydrogens is 300 g/mol. The minimum absolute atomic E-state index is 0.530. The number of ether oxygens (including phenoxy) is 3. The predicted octanol–water partition coefficient (Wildman–Crippen LogP) is 4.89. The molecule has 0 fully saturated rings. The van der Waals surface area contributed by atoms with E-state index in [0.717, 1.165) is 34.6 Å². The molecule has 126 valence electrons. The summed E-state index contributed by atoms with van der Waals surface area (Å²) >= 11 is 0. The minimum atomic E-state index is 0.530. The number of allylic oxidation sites excluding steroid dienone is 1. The lowest BCUT2D eigenvalue weighted by Crippen LogP contribution is -2.07. The molecule has 0 saturated heterocycles. The maximum Gasteiger partial charge on any atom is 0.119 e. The summed E-state index contributed by atoms with van der Waals surface area (Å²) < 4.78 is 16.4. The molecule has 0 bridgehead atoms. The second kappa shape index (κ2) is 9.58. The summed E-state index contributed by atoms with van der Waals surface area (Å²) in [6, 6.07) is 16.0. The van der Waals surface area contributed by atoms with Crippen LogP contribution in [0.25, 0.3) is 11.1 Å². The van der Waals surface area contributed by atoms with Crippen LogP contribution in [-0.4, -0.2) is 26.9 Å². The predicted molar refractivity (Wildman–Crippen MR) is 98.7 cm³/mol. The lowest BCUT2D eigenvalue weighted by Gasteiger charge is -2.09. The Kier molecular flexibility index (Phi) is 7.12. The molecule has 0 atom stereocenters. The lowest BCUT2D eigenvalue weighted by atomic mass is 10.1. The van der Waals surface area contributed by atoms with Crippen molar-refractivity contribution in [3.63, 3.8) is 0 Å². The van der Waals surface area contributed by atoms with Gasteiger partial charge in [0.1, 0.15) is 18.1 Å². The number of benzene rings is 2. The van der Waals surface area contributed by atoms with E-state index in [1.807, 2.05) is 48.5 Å². The van der Waals surface area contributed by atoms with Crippen molar-refractivity contribution in [2.24, 2.45) is 0 Å². The number of rotatable bonds is 10. The monoisotopic (exact) mass is 324 g/mol. The molecule has 0 saturated carbocycles. The Balaban J connectivity index is 1.75. The van der Waals surface area contributed by atoms with E-state index in [4.69, 9.17) is 14.2 Å². The quantitative estimate of drug-likeness (QED) is 0.460. The van der Waals surface area contributed by atoms with Crippen molar-refractivity contribution >= 4 is 0 Å². The average Bonchev–Trinajstić information content (AvgIpc) is 2.65. The molecule has 3 nitrogen and oxygen atoms in total. The second-order valence-electron chi connectivity index (χ2n) is 5.33. The van der Waals surface area contributed by atoms with E-state index < -0.39 is 0 Å². The maximum absolute atomic E-state index is 5.68. The number of hydrogen-bond acceptors (Lipinski definition) is 3. The van der Waals surface area contributed by atoms with E-state index in [0.29, 0.717) is 19.8 Å². The van der Waals surface area contributed by atoms with Crippen LogP contribution in [0.15, 0.2) is 73.3 Å². The van der Waals surface area contributed by atoms with Crippen molar-refractivity contribution < 1.29 is 14.2 Å². The topological polar surface area (TPSA) is 27.7 Å².